The molecule has 2 nitrogen and oxygen atoms in total. The van der Waals surface area contributed by atoms with Crippen molar-refractivity contribution in [2.24, 2.45) is 0 Å². The average molecular weight is 753 g/mol. The van der Waals surface area contributed by atoms with Crippen molar-refractivity contribution in [3.63, 3.8) is 0 Å². The van der Waals surface area contributed by atoms with Gasteiger partial charge in [0, 0.05) is 44.3 Å². The Balaban J connectivity index is 1.19. The van der Waals surface area contributed by atoms with Gasteiger partial charge in [-0.2, -0.15) is 0 Å². The van der Waals surface area contributed by atoms with Crippen molar-refractivity contribution in [3.05, 3.63) is 217 Å². The summed E-state index contributed by atoms with van der Waals surface area (Å²) in [5, 5.41) is 9.97. The number of para-hydroxylation sites is 2. The van der Waals surface area contributed by atoms with Gasteiger partial charge < -0.3 is 9.47 Å². The summed E-state index contributed by atoms with van der Waals surface area (Å²) in [5.41, 5.74) is 14.7. The van der Waals surface area contributed by atoms with Crippen molar-refractivity contribution in [1.82, 2.24) is 4.57 Å². The van der Waals surface area contributed by atoms with Gasteiger partial charge in [-0.3, -0.25) is 0 Å². The highest BCUT2D eigenvalue weighted by atomic mass is 15.1. The van der Waals surface area contributed by atoms with Gasteiger partial charge in [0.1, 0.15) is 0 Å². The molecular weight excluding hydrogens is 713 g/mol. The first kappa shape index (κ1) is 33.7. The van der Waals surface area contributed by atoms with E-state index in [0.29, 0.717) is 0 Å². The zero-order valence-corrected chi connectivity index (χ0v) is 33.0. The van der Waals surface area contributed by atoms with Crippen molar-refractivity contribution < 1.29 is 0 Å². The number of anilines is 3. The van der Waals surface area contributed by atoms with Crippen LogP contribution in [0, 0.1) is 0 Å². The predicted molar refractivity (Wildman–Crippen MR) is 251 cm³/mol. The molecule has 0 aliphatic heterocycles. The molecule has 0 bridgehead atoms. The maximum Gasteiger partial charge on any atom is 0.0625 e. The Hall–Kier alpha value is -7.42. The number of hydrogen-bond acceptors (Lipinski definition) is 1. The molecule has 0 amide bonds. The summed E-state index contributed by atoms with van der Waals surface area (Å²) in [6.45, 7) is 4.72. The third-order valence-corrected chi connectivity index (χ3v) is 12.9. The van der Waals surface area contributed by atoms with Crippen molar-refractivity contribution in [2.75, 3.05) is 4.90 Å². The predicted octanol–water partition coefficient (Wildman–Crippen LogP) is 15.7. The van der Waals surface area contributed by atoms with Crippen LogP contribution < -0.4 is 4.90 Å². The topological polar surface area (TPSA) is 8.17 Å². The summed E-state index contributed by atoms with van der Waals surface area (Å²) in [4.78, 5) is 2.44. The zero-order valence-electron chi connectivity index (χ0n) is 33.0. The lowest BCUT2D eigenvalue weighted by atomic mass is 9.82. The van der Waals surface area contributed by atoms with E-state index in [2.05, 4.69) is 230 Å². The first-order valence-corrected chi connectivity index (χ1v) is 20.6. The summed E-state index contributed by atoms with van der Waals surface area (Å²) >= 11 is 0. The maximum absolute atomic E-state index is 2.49. The molecule has 59 heavy (non-hydrogen) atoms. The Morgan fingerprint density at radius 2 is 0.949 bits per heavy atom. The van der Waals surface area contributed by atoms with Gasteiger partial charge in [-0.25, -0.2) is 0 Å². The number of aromatic nitrogens is 1. The first-order chi connectivity index (χ1) is 29.0. The van der Waals surface area contributed by atoms with Gasteiger partial charge in [0.05, 0.1) is 11.0 Å². The Kier molecular flexibility index (Phi) is 7.31. The molecule has 11 aromatic rings. The highest BCUT2D eigenvalue weighted by molar-refractivity contribution is 6.27. The fourth-order valence-electron chi connectivity index (χ4n) is 10.2. The molecule has 1 aliphatic rings. The zero-order chi connectivity index (χ0) is 39.2. The van der Waals surface area contributed by atoms with Gasteiger partial charge >= 0.3 is 0 Å². The smallest absolute Gasteiger partial charge is 0.0625 e. The first-order valence-electron chi connectivity index (χ1n) is 20.6. The molecule has 0 atom stereocenters. The Morgan fingerprint density at radius 3 is 1.75 bits per heavy atom. The van der Waals surface area contributed by atoms with E-state index in [-0.39, 0.29) is 5.41 Å². The number of benzene rings is 10. The van der Waals surface area contributed by atoms with E-state index in [4.69, 9.17) is 0 Å². The second-order valence-corrected chi connectivity index (χ2v) is 16.5. The fourth-order valence-corrected chi connectivity index (χ4v) is 10.2. The third kappa shape index (κ3) is 5.00. The summed E-state index contributed by atoms with van der Waals surface area (Å²) in [6, 6.07) is 76.3. The van der Waals surface area contributed by atoms with E-state index in [1.54, 1.807) is 0 Å². The van der Waals surface area contributed by atoms with Crippen LogP contribution in [0.2, 0.25) is 0 Å². The van der Waals surface area contributed by atoms with Crippen molar-refractivity contribution in [3.8, 4) is 27.9 Å². The lowest BCUT2D eigenvalue weighted by molar-refractivity contribution is 0.660. The van der Waals surface area contributed by atoms with Gasteiger partial charge in [-0.15, -0.1) is 0 Å². The molecule has 1 heterocycles. The van der Waals surface area contributed by atoms with Crippen LogP contribution in [0.5, 0.6) is 0 Å². The van der Waals surface area contributed by atoms with Crippen LogP contribution >= 0.6 is 0 Å². The lowest BCUT2D eigenvalue weighted by Gasteiger charge is -2.28. The standard InChI is InChI=1S/C57H40N2/c1-57(2)52-28-16-15-27-47(52)48-31-29-42(36-53(48)57)58(39-19-5-3-6-20-39)41-30-32-54-51(35-41)55-50(49-33-37-17-9-11-23-43(37)45-25-13-14-26-46(45)49)34-38-18-10-12-24-44(38)56(55)59(54)40-21-7-4-8-22-40/h3-36H,1-2H3. The molecule has 0 fully saturated rings. The molecule has 278 valence electrons. The largest absolute Gasteiger partial charge is 0.310 e. The second-order valence-electron chi connectivity index (χ2n) is 16.5. The second kappa shape index (κ2) is 12.8. The summed E-state index contributed by atoms with van der Waals surface area (Å²) in [7, 11) is 0. The molecule has 0 spiro atoms. The van der Waals surface area contributed by atoms with Crippen LogP contribution in [0.15, 0.2) is 206 Å². The van der Waals surface area contributed by atoms with E-state index in [9.17, 15) is 0 Å². The van der Waals surface area contributed by atoms with E-state index < -0.39 is 0 Å². The van der Waals surface area contributed by atoms with Crippen molar-refractivity contribution in [1.29, 1.82) is 0 Å². The molecular formula is C57H40N2. The van der Waals surface area contributed by atoms with Crippen LogP contribution in [0.1, 0.15) is 25.0 Å². The molecule has 2 heteroatoms. The normalized spacial score (nSPS) is 13.1. The van der Waals surface area contributed by atoms with Gasteiger partial charge in [0.2, 0.25) is 0 Å². The molecule has 0 saturated heterocycles. The van der Waals surface area contributed by atoms with Crippen molar-refractivity contribution in [2.45, 2.75) is 19.3 Å². The molecule has 10 aromatic carbocycles. The van der Waals surface area contributed by atoms with E-state index in [1.807, 2.05) is 0 Å². The molecule has 1 aromatic heterocycles. The highest BCUT2D eigenvalue weighted by Crippen LogP contribution is 2.52. The van der Waals surface area contributed by atoms with E-state index in [0.717, 1.165) is 22.7 Å². The number of hydrogen-bond donors (Lipinski definition) is 0. The maximum atomic E-state index is 2.49. The molecule has 12 rings (SSSR count). The summed E-state index contributed by atoms with van der Waals surface area (Å²) in [5.74, 6) is 0. The average Bonchev–Trinajstić information content (AvgIpc) is 3.75. The fraction of sp³-hybridized carbons (Fsp3) is 0.0526. The van der Waals surface area contributed by atoms with E-state index in [1.165, 1.54) is 87.5 Å². The van der Waals surface area contributed by atoms with Crippen LogP contribution in [-0.2, 0) is 5.41 Å². The van der Waals surface area contributed by atoms with Crippen LogP contribution in [-0.4, -0.2) is 4.57 Å². The minimum atomic E-state index is -0.115. The Morgan fingerprint density at radius 1 is 0.373 bits per heavy atom. The quantitative estimate of drug-likeness (QED) is 0.159. The van der Waals surface area contributed by atoms with Crippen LogP contribution in [0.25, 0.3) is 82.1 Å². The van der Waals surface area contributed by atoms with Gasteiger partial charge in [0.25, 0.3) is 0 Å². The van der Waals surface area contributed by atoms with Crippen molar-refractivity contribution >= 4 is 71.2 Å². The molecule has 0 unspecified atom stereocenters. The van der Waals surface area contributed by atoms with Crippen LogP contribution in [0.3, 0.4) is 0 Å². The number of rotatable bonds is 5. The monoisotopic (exact) mass is 752 g/mol. The third-order valence-electron chi connectivity index (χ3n) is 12.9. The molecule has 1 aliphatic carbocycles. The summed E-state index contributed by atoms with van der Waals surface area (Å²) in [6.07, 6.45) is 0. The molecule has 0 N–H and O–H groups in total. The van der Waals surface area contributed by atoms with Gasteiger partial charge in [-0.1, -0.05) is 153 Å². The summed E-state index contributed by atoms with van der Waals surface area (Å²) < 4.78 is 2.49. The SMILES string of the molecule is CC1(C)c2ccccc2-c2ccc(N(c3ccccc3)c3ccc4c(c3)c3c(-c5cc6ccccc6c6ccccc56)cc5ccccc5c3n4-c3ccccc3)cc21. The number of nitrogens with zero attached hydrogens (tertiary/aromatic N) is 2. The molecule has 0 saturated carbocycles. The Bertz CT molecular complexity index is 3460. The minimum Gasteiger partial charge on any atom is -0.310 e. The lowest BCUT2D eigenvalue weighted by Crippen LogP contribution is -2.16. The van der Waals surface area contributed by atoms with E-state index >= 15 is 0 Å². The van der Waals surface area contributed by atoms with Crippen LogP contribution in [0.4, 0.5) is 17.1 Å². The van der Waals surface area contributed by atoms with Gasteiger partial charge in [-0.05, 0) is 127 Å². The minimum absolute atomic E-state index is 0.115. The Labute approximate surface area is 343 Å². The number of fused-ring (bicyclic) bond motifs is 11. The highest BCUT2D eigenvalue weighted by Gasteiger charge is 2.36. The molecule has 0 radical (unpaired) electrons. The van der Waals surface area contributed by atoms with Gasteiger partial charge in [0.15, 0.2) is 0 Å².